The summed E-state index contributed by atoms with van der Waals surface area (Å²) in [7, 11) is 3.23. The fourth-order valence-electron chi connectivity index (χ4n) is 2.42. The minimum Gasteiger partial charge on any atom is -0.496 e. The number of ether oxygens (including phenoxy) is 2. The van der Waals surface area contributed by atoms with Gasteiger partial charge in [-0.05, 0) is 12.1 Å². The third-order valence-electron chi connectivity index (χ3n) is 3.37. The van der Waals surface area contributed by atoms with Gasteiger partial charge in [0.05, 0.1) is 30.2 Å². The van der Waals surface area contributed by atoms with Crippen molar-refractivity contribution < 1.29 is 9.47 Å². The minimum atomic E-state index is -0.304. The van der Waals surface area contributed by atoms with Gasteiger partial charge in [-0.2, -0.15) is 5.11 Å². The molecule has 0 amide bonds. The lowest BCUT2D eigenvalue weighted by Gasteiger charge is -2.23. The Kier molecular flexibility index (Phi) is 3.72. The normalized spacial score (nSPS) is 20.8. The number of rotatable bonds is 4. The fraction of sp³-hybridized carbons (Fsp3) is 0.308. The first-order chi connectivity index (χ1) is 10.3. The largest absolute Gasteiger partial charge is 0.496 e. The molecule has 0 bridgehead atoms. The molecule has 8 heteroatoms. The van der Waals surface area contributed by atoms with Gasteiger partial charge >= 0.3 is 0 Å². The molecule has 1 aromatic heterocycles. The highest BCUT2D eigenvalue weighted by Gasteiger charge is 2.38. The summed E-state index contributed by atoms with van der Waals surface area (Å²) in [4.78, 5) is 5.09. The highest BCUT2D eigenvalue weighted by molar-refractivity contribution is 7.09. The molecule has 0 spiro atoms. The van der Waals surface area contributed by atoms with Crippen molar-refractivity contribution in [2.45, 2.75) is 12.1 Å². The van der Waals surface area contributed by atoms with Crippen molar-refractivity contribution in [2.24, 2.45) is 16.2 Å². The molecular formula is C13H15N5O2S. The Labute approximate surface area is 126 Å². The summed E-state index contributed by atoms with van der Waals surface area (Å²) in [6.45, 7) is 0. The Morgan fingerprint density at radius 3 is 2.52 bits per heavy atom. The smallest absolute Gasteiger partial charge is 0.134 e. The molecule has 2 heterocycles. The van der Waals surface area contributed by atoms with E-state index < -0.39 is 0 Å². The Bertz CT molecular complexity index is 624. The maximum Gasteiger partial charge on any atom is 0.134 e. The van der Waals surface area contributed by atoms with E-state index in [0.717, 1.165) is 10.4 Å². The van der Waals surface area contributed by atoms with Gasteiger partial charge in [0.25, 0.3) is 0 Å². The van der Waals surface area contributed by atoms with Crippen LogP contribution < -0.4 is 15.3 Å². The van der Waals surface area contributed by atoms with Gasteiger partial charge in [0.2, 0.25) is 0 Å². The van der Waals surface area contributed by atoms with Crippen LogP contribution in [0, 0.1) is 0 Å². The topological polar surface area (TPSA) is 85.3 Å². The van der Waals surface area contributed by atoms with Crippen LogP contribution in [0.1, 0.15) is 22.5 Å². The third kappa shape index (κ3) is 2.32. The van der Waals surface area contributed by atoms with Crippen molar-refractivity contribution >= 4 is 11.3 Å². The summed E-state index contributed by atoms with van der Waals surface area (Å²) in [5.41, 5.74) is 2.59. The molecule has 0 saturated heterocycles. The zero-order valence-corrected chi connectivity index (χ0v) is 12.4. The number of nitrogens with zero attached hydrogens (tertiary/aromatic N) is 4. The number of methoxy groups -OCH3 is 2. The minimum absolute atomic E-state index is 0.220. The van der Waals surface area contributed by atoms with Crippen LogP contribution in [0.25, 0.3) is 0 Å². The van der Waals surface area contributed by atoms with E-state index in [-0.39, 0.29) is 12.1 Å². The quantitative estimate of drug-likeness (QED) is 0.877. The second-order valence-corrected chi connectivity index (χ2v) is 5.37. The zero-order chi connectivity index (χ0) is 14.8. The lowest BCUT2D eigenvalue weighted by Crippen LogP contribution is -2.28. The molecular weight excluding hydrogens is 290 g/mol. The van der Waals surface area contributed by atoms with Crippen LogP contribution >= 0.6 is 11.3 Å². The Hall–Kier alpha value is -2.19. The molecule has 1 aromatic carbocycles. The maximum atomic E-state index is 5.95. The van der Waals surface area contributed by atoms with Crippen LogP contribution in [0.4, 0.5) is 0 Å². The van der Waals surface area contributed by atoms with Gasteiger partial charge < -0.3 is 9.47 Å². The average molecular weight is 305 g/mol. The second-order valence-electron chi connectivity index (χ2n) is 4.45. The van der Waals surface area contributed by atoms with Gasteiger partial charge in [0, 0.05) is 6.20 Å². The monoisotopic (exact) mass is 305 g/mol. The Balaban J connectivity index is 2.09. The van der Waals surface area contributed by atoms with Gasteiger partial charge in [-0.25, -0.2) is 11.0 Å². The van der Waals surface area contributed by atoms with E-state index in [1.165, 1.54) is 16.5 Å². The number of nitrogens with two attached hydrogens (primary N) is 1. The molecule has 2 aromatic rings. The zero-order valence-electron chi connectivity index (χ0n) is 11.6. The molecule has 0 fully saturated rings. The number of hydrogen-bond donors (Lipinski definition) is 1. The van der Waals surface area contributed by atoms with Gasteiger partial charge in [-0.15, -0.1) is 11.3 Å². The third-order valence-corrected chi connectivity index (χ3v) is 4.21. The molecule has 2 unspecified atom stereocenters. The molecule has 110 valence electrons. The van der Waals surface area contributed by atoms with Crippen molar-refractivity contribution in [2.75, 3.05) is 14.2 Å². The van der Waals surface area contributed by atoms with Crippen molar-refractivity contribution in [3.63, 3.8) is 0 Å². The predicted molar refractivity (Wildman–Crippen MR) is 78.0 cm³/mol. The highest BCUT2D eigenvalue weighted by atomic mass is 32.1. The Morgan fingerprint density at radius 1 is 1.24 bits per heavy atom. The van der Waals surface area contributed by atoms with Crippen LogP contribution in [-0.4, -0.2) is 24.3 Å². The molecule has 2 N–H and O–H groups in total. The number of thiazole rings is 1. The van der Waals surface area contributed by atoms with Crippen molar-refractivity contribution in [3.8, 4) is 11.5 Å². The van der Waals surface area contributed by atoms with Crippen LogP contribution in [0.15, 0.2) is 40.2 Å². The van der Waals surface area contributed by atoms with E-state index in [4.69, 9.17) is 15.3 Å². The molecule has 1 aliphatic heterocycles. The summed E-state index contributed by atoms with van der Waals surface area (Å²) in [6, 6.07) is 5.09. The molecule has 0 saturated carbocycles. The molecule has 7 nitrogen and oxygen atoms in total. The molecule has 0 aliphatic carbocycles. The van der Waals surface area contributed by atoms with E-state index in [0.29, 0.717) is 11.5 Å². The lowest BCUT2D eigenvalue weighted by molar-refractivity contribution is 0.228. The summed E-state index contributed by atoms with van der Waals surface area (Å²) in [5.74, 6) is 7.35. The van der Waals surface area contributed by atoms with Crippen LogP contribution in [0.2, 0.25) is 0 Å². The van der Waals surface area contributed by atoms with E-state index in [1.807, 2.05) is 18.2 Å². The number of hydrazine groups is 1. The first kappa shape index (κ1) is 13.8. The summed E-state index contributed by atoms with van der Waals surface area (Å²) in [6.07, 6.45) is 1.78. The highest BCUT2D eigenvalue weighted by Crippen LogP contribution is 2.47. The number of benzene rings is 1. The van der Waals surface area contributed by atoms with Gasteiger partial charge in [0.15, 0.2) is 0 Å². The maximum absolute atomic E-state index is 5.95. The lowest BCUT2D eigenvalue weighted by atomic mass is 9.97. The fourth-order valence-corrected chi connectivity index (χ4v) is 3.16. The number of aromatic nitrogens is 1. The Morgan fingerprint density at radius 2 is 1.95 bits per heavy atom. The van der Waals surface area contributed by atoms with Gasteiger partial charge in [0.1, 0.15) is 23.6 Å². The summed E-state index contributed by atoms with van der Waals surface area (Å²) >= 11 is 1.51. The van der Waals surface area contributed by atoms with Crippen molar-refractivity contribution in [1.82, 2.24) is 10.1 Å². The summed E-state index contributed by atoms with van der Waals surface area (Å²) < 4.78 is 10.9. The van der Waals surface area contributed by atoms with E-state index >= 15 is 0 Å². The second kappa shape index (κ2) is 5.66. The molecule has 1 aliphatic rings. The SMILES string of the molecule is COc1cccc(OC)c1C1N=NN(N)C1c1cncs1. The molecule has 2 atom stereocenters. The summed E-state index contributed by atoms with van der Waals surface area (Å²) in [5, 5.41) is 9.62. The van der Waals surface area contributed by atoms with Gasteiger partial charge in [-0.1, -0.05) is 11.3 Å². The first-order valence-corrected chi connectivity index (χ1v) is 7.18. The van der Waals surface area contributed by atoms with E-state index in [1.54, 1.807) is 25.9 Å². The van der Waals surface area contributed by atoms with E-state index in [2.05, 4.69) is 15.3 Å². The first-order valence-electron chi connectivity index (χ1n) is 6.30. The predicted octanol–water partition coefficient (Wildman–Crippen LogP) is 2.50. The average Bonchev–Trinajstić information content (AvgIpc) is 3.15. The van der Waals surface area contributed by atoms with Crippen LogP contribution in [0.3, 0.4) is 0 Å². The van der Waals surface area contributed by atoms with Crippen molar-refractivity contribution in [1.29, 1.82) is 0 Å². The standard InChI is InChI=1S/C13H15N5O2S/c1-19-8-4-3-5-9(20-2)11(8)12-13(18(14)17-16-12)10-6-15-7-21-10/h3-7,12-13H,14H2,1-2H3. The molecule has 3 rings (SSSR count). The van der Waals surface area contributed by atoms with Crippen LogP contribution in [-0.2, 0) is 0 Å². The van der Waals surface area contributed by atoms with Crippen molar-refractivity contribution in [3.05, 3.63) is 40.3 Å². The number of hydrogen-bond acceptors (Lipinski definition) is 8. The van der Waals surface area contributed by atoms with Gasteiger partial charge in [-0.3, -0.25) is 4.98 Å². The molecule has 21 heavy (non-hydrogen) atoms. The van der Waals surface area contributed by atoms with E-state index in [9.17, 15) is 0 Å². The molecule has 0 radical (unpaired) electrons. The van der Waals surface area contributed by atoms with Crippen LogP contribution in [0.5, 0.6) is 11.5 Å².